The van der Waals surface area contributed by atoms with Gasteiger partial charge < -0.3 is 15.7 Å². The minimum absolute atomic E-state index is 0.122. The second-order valence-electron chi connectivity index (χ2n) is 4.23. The van der Waals surface area contributed by atoms with Crippen LogP contribution in [0.3, 0.4) is 0 Å². The molecule has 0 aromatic heterocycles. The van der Waals surface area contributed by atoms with Gasteiger partial charge in [-0.25, -0.2) is 4.79 Å². The topological polar surface area (TPSA) is 61.4 Å². The predicted molar refractivity (Wildman–Crippen MR) is 64.2 cm³/mol. The Morgan fingerprint density at radius 2 is 2.38 bits per heavy atom. The van der Waals surface area contributed by atoms with Crippen LogP contribution in [0.4, 0.5) is 4.79 Å². The number of aliphatic hydroxyl groups is 1. The molecule has 2 unspecified atom stereocenters. The van der Waals surface area contributed by atoms with Crippen molar-refractivity contribution in [3.63, 3.8) is 0 Å². The summed E-state index contributed by atoms with van der Waals surface area (Å²) in [5.74, 6) is 0. The first-order valence-corrected chi connectivity index (χ1v) is 6.09. The highest BCUT2D eigenvalue weighted by Crippen LogP contribution is 2.09. The average Bonchev–Trinajstić information content (AvgIpc) is 2.30. The van der Waals surface area contributed by atoms with Crippen molar-refractivity contribution in [3.8, 4) is 0 Å². The molecule has 0 heterocycles. The molecule has 0 aromatic carbocycles. The first kappa shape index (κ1) is 13.0. The van der Waals surface area contributed by atoms with Crippen LogP contribution >= 0.6 is 0 Å². The molecule has 0 fully saturated rings. The monoisotopic (exact) mass is 226 g/mol. The highest BCUT2D eigenvalue weighted by Gasteiger charge is 2.12. The molecule has 3 N–H and O–H groups in total. The number of hydrogen-bond acceptors (Lipinski definition) is 2. The van der Waals surface area contributed by atoms with Crippen LogP contribution in [0.2, 0.25) is 0 Å². The van der Waals surface area contributed by atoms with Crippen molar-refractivity contribution in [1.82, 2.24) is 10.6 Å². The minimum atomic E-state index is -0.307. The molecule has 1 rings (SSSR count). The molecule has 0 saturated carbocycles. The highest BCUT2D eigenvalue weighted by molar-refractivity contribution is 5.74. The molecule has 1 aliphatic carbocycles. The van der Waals surface area contributed by atoms with Crippen LogP contribution in [0, 0.1) is 0 Å². The SMILES string of the molecule is CCC(O)CCNC(=O)NC1CC=CCC1. The third kappa shape index (κ3) is 5.16. The van der Waals surface area contributed by atoms with Crippen LogP contribution in [0.1, 0.15) is 39.0 Å². The molecule has 4 nitrogen and oxygen atoms in total. The van der Waals surface area contributed by atoms with E-state index in [0.29, 0.717) is 13.0 Å². The number of urea groups is 1. The largest absolute Gasteiger partial charge is 0.393 e. The number of carbonyl (C=O) groups excluding carboxylic acids is 1. The molecule has 0 radical (unpaired) electrons. The first-order chi connectivity index (χ1) is 7.72. The van der Waals surface area contributed by atoms with Crippen molar-refractivity contribution in [3.05, 3.63) is 12.2 Å². The molecule has 0 spiro atoms. The Bertz CT molecular complexity index is 241. The first-order valence-electron chi connectivity index (χ1n) is 6.09. The lowest BCUT2D eigenvalue weighted by Crippen LogP contribution is -2.43. The molecule has 1 aliphatic rings. The zero-order valence-electron chi connectivity index (χ0n) is 9.91. The molecule has 0 saturated heterocycles. The van der Waals surface area contributed by atoms with Gasteiger partial charge in [-0.05, 0) is 32.1 Å². The van der Waals surface area contributed by atoms with E-state index < -0.39 is 0 Å². The Labute approximate surface area is 97.1 Å². The van der Waals surface area contributed by atoms with Gasteiger partial charge >= 0.3 is 6.03 Å². The van der Waals surface area contributed by atoms with Crippen LogP contribution in [-0.4, -0.2) is 29.8 Å². The van der Waals surface area contributed by atoms with Crippen LogP contribution < -0.4 is 10.6 Å². The Balaban J connectivity index is 2.08. The number of amides is 2. The summed E-state index contributed by atoms with van der Waals surface area (Å²) in [6, 6.07) is 0.143. The molecule has 0 aromatic rings. The summed E-state index contributed by atoms with van der Waals surface area (Å²) < 4.78 is 0. The molecule has 4 heteroatoms. The standard InChI is InChI=1S/C12H22N2O2/c1-2-11(15)8-9-13-12(16)14-10-6-4-3-5-7-10/h3-4,10-11,15H,2,5-9H2,1H3,(H2,13,14,16). The van der Waals surface area contributed by atoms with Gasteiger partial charge in [0.1, 0.15) is 0 Å². The van der Waals surface area contributed by atoms with E-state index in [-0.39, 0.29) is 18.2 Å². The molecule has 0 bridgehead atoms. The van der Waals surface area contributed by atoms with Crippen LogP contribution in [0.25, 0.3) is 0 Å². The maximum atomic E-state index is 11.5. The number of nitrogens with one attached hydrogen (secondary N) is 2. The number of carbonyl (C=O) groups is 1. The van der Waals surface area contributed by atoms with E-state index in [1.807, 2.05) is 6.92 Å². The summed E-state index contributed by atoms with van der Waals surface area (Å²) >= 11 is 0. The Kier molecular flexibility index (Phi) is 5.93. The van der Waals surface area contributed by atoms with Gasteiger partial charge in [-0.3, -0.25) is 0 Å². The second-order valence-corrected chi connectivity index (χ2v) is 4.23. The summed E-state index contributed by atoms with van der Waals surface area (Å²) in [6.07, 6.45) is 8.28. The van der Waals surface area contributed by atoms with Gasteiger partial charge in [-0.2, -0.15) is 0 Å². The maximum absolute atomic E-state index is 11.5. The Morgan fingerprint density at radius 1 is 1.56 bits per heavy atom. The fourth-order valence-electron chi connectivity index (χ4n) is 1.72. The molecule has 2 amide bonds. The molecular weight excluding hydrogens is 204 g/mol. The average molecular weight is 226 g/mol. The van der Waals surface area contributed by atoms with Crippen molar-refractivity contribution in [2.75, 3.05) is 6.54 Å². The molecule has 92 valence electrons. The summed E-state index contributed by atoms with van der Waals surface area (Å²) in [4.78, 5) is 11.5. The summed E-state index contributed by atoms with van der Waals surface area (Å²) in [7, 11) is 0. The lowest BCUT2D eigenvalue weighted by atomic mass is 10.0. The smallest absolute Gasteiger partial charge is 0.315 e. The molecular formula is C12H22N2O2. The Hall–Kier alpha value is -1.03. The number of hydrogen-bond donors (Lipinski definition) is 3. The van der Waals surface area contributed by atoms with E-state index in [0.717, 1.165) is 25.7 Å². The van der Waals surface area contributed by atoms with Crippen molar-refractivity contribution < 1.29 is 9.90 Å². The Morgan fingerprint density at radius 3 is 3.00 bits per heavy atom. The molecule has 2 atom stereocenters. The maximum Gasteiger partial charge on any atom is 0.315 e. The van der Waals surface area contributed by atoms with Gasteiger partial charge in [-0.15, -0.1) is 0 Å². The van der Waals surface area contributed by atoms with Crippen molar-refractivity contribution in [1.29, 1.82) is 0 Å². The van der Waals surface area contributed by atoms with E-state index in [4.69, 9.17) is 0 Å². The van der Waals surface area contributed by atoms with Crippen molar-refractivity contribution in [2.45, 2.75) is 51.2 Å². The third-order valence-corrected chi connectivity index (χ3v) is 2.84. The highest BCUT2D eigenvalue weighted by atomic mass is 16.3. The van der Waals surface area contributed by atoms with Crippen LogP contribution in [0.15, 0.2) is 12.2 Å². The van der Waals surface area contributed by atoms with Crippen LogP contribution in [0.5, 0.6) is 0 Å². The zero-order chi connectivity index (χ0) is 11.8. The van der Waals surface area contributed by atoms with E-state index in [1.54, 1.807) is 0 Å². The van der Waals surface area contributed by atoms with Gasteiger partial charge in [0.05, 0.1) is 6.10 Å². The van der Waals surface area contributed by atoms with Gasteiger partial charge in [0.2, 0.25) is 0 Å². The van der Waals surface area contributed by atoms with Crippen molar-refractivity contribution >= 4 is 6.03 Å². The van der Waals surface area contributed by atoms with Gasteiger partial charge in [0.25, 0.3) is 0 Å². The minimum Gasteiger partial charge on any atom is -0.393 e. The lowest BCUT2D eigenvalue weighted by molar-refractivity contribution is 0.160. The van der Waals surface area contributed by atoms with E-state index >= 15 is 0 Å². The number of allylic oxidation sites excluding steroid dienone is 1. The lowest BCUT2D eigenvalue weighted by Gasteiger charge is -2.19. The zero-order valence-corrected chi connectivity index (χ0v) is 9.91. The molecule has 16 heavy (non-hydrogen) atoms. The fourth-order valence-corrected chi connectivity index (χ4v) is 1.72. The van der Waals surface area contributed by atoms with E-state index in [2.05, 4.69) is 22.8 Å². The number of aliphatic hydroxyl groups excluding tert-OH is 1. The summed E-state index contributed by atoms with van der Waals surface area (Å²) in [6.45, 7) is 2.46. The fraction of sp³-hybridized carbons (Fsp3) is 0.750. The van der Waals surface area contributed by atoms with Crippen LogP contribution in [-0.2, 0) is 0 Å². The van der Waals surface area contributed by atoms with Gasteiger partial charge in [0, 0.05) is 12.6 Å². The van der Waals surface area contributed by atoms with Gasteiger partial charge in [0.15, 0.2) is 0 Å². The summed E-state index contributed by atoms with van der Waals surface area (Å²) in [5.41, 5.74) is 0. The summed E-state index contributed by atoms with van der Waals surface area (Å²) in [5, 5.41) is 15.0. The van der Waals surface area contributed by atoms with Crippen molar-refractivity contribution in [2.24, 2.45) is 0 Å². The predicted octanol–water partition coefficient (Wildman–Crippen LogP) is 1.56. The van der Waals surface area contributed by atoms with E-state index in [9.17, 15) is 9.90 Å². The number of rotatable bonds is 5. The normalized spacial score (nSPS) is 21.5. The molecule has 0 aliphatic heterocycles. The van der Waals surface area contributed by atoms with E-state index in [1.165, 1.54) is 0 Å². The third-order valence-electron chi connectivity index (χ3n) is 2.84. The second kappa shape index (κ2) is 7.28. The quantitative estimate of drug-likeness (QED) is 0.623. The van der Waals surface area contributed by atoms with Gasteiger partial charge in [-0.1, -0.05) is 19.1 Å².